The number of nitrogens with zero attached hydrogens (tertiary/aromatic N) is 1. The predicted molar refractivity (Wildman–Crippen MR) is 91.8 cm³/mol. The first kappa shape index (κ1) is 15.8. The van der Waals surface area contributed by atoms with Crippen LogP contribution >= 0.6 is 0 Å². The van der Waals surface area contributed by atoms with E-state index in [2.05, 4.69) is 85.0 Å². The van der Waals surface area contributed by atoms with Crippen molar-refractivity contribution in [3.8, 4) is 11.3 Å². The molecule has 0 aliphatic heterocycles. The van der Waals surface area contributed by atoms with E-state index in [1.165, 1.54) is 22.3 Å². The monoisotopic (exact) mass is 281 g/mol. The molecule has 0 bridgehead atoms. The van der Waals surface area contributed by atoms with Crippen LogP contribution in [0, 0.1) is 6.92 Å². The van der Waals surface area contributed by atoms with Gasteiger partial charge in [-0.05, 0) is 40.5 Å². The van der Waals surface area contributed by atoms with Crippen molar-refractivity contribution in [2.75, 3.05) is 0 Å². The molecule has 1 nitrogen and oxygen atoms in total. The molecule has 2 rings (SSSR count). The molecule has 112 valence electrons. The molecule has 1 aromatic carbocycles. The highest BCUT2D eigenvalue weighted by Gasteiger charge is 2.26. The van der Waals surface area contributed by atoms with Gasteiger partial charge in [-0.15, -0.1) is 0 Å². The summed E-state index contributed by atoms with van der Waals surface area (Å²) in [6, 6.07) is 10.7. The van der Waals surface area contributed by atoms with Gasteiger partial charge < -0.3 is 0 Å². The Morgan fingerprint density at radius 2 is 1.38 bits per heavy atom. The Bertz CT molecular complexity index is 640. The molecule has 0 unspecified atom stereocenters. The average molecular weight is 281 g/mol. The van der Waals surface area contributed by atoms with Crippen molar-refractivity contribution in [2.45, 2.75) is 59.3 Å². The summed E-state index contributed by atoms with van der Waals surface area (Å²) in [7, 11) is 0. The maximum absolute atomic E-state index is 4.75. The van der Waals surface area contributed by atoms with E-state index >= 15 is 0 Å². The fourth-order valence-corrected chi connectivity index (χ4v) is 2.68. The maximum atomic E-state index is 4.75. The summed E-state index contributed by atoms with van der Waals surface area (Å²) in [6.45, 7) is 15.7. The Kier molecular flexibility index (Phi) is 3.97. The quantitative estimate of drug-likeness (QED) is 0.658. The van der Waals surface area contributed by atoms with Gasteiger partial charge in [-0.1, -0.05) is 65.8 Å². The number of rotatable bonds is 1. The second-order valence-corrected chi connectivity index (χ2v) is 7.93. The molecule has 0 aliphatic carbocycles. The van der Waals surface area contributed by atoms with E-state index in [9.17, 15) is 0 Å². The van der Waals surface area contributed by atoms with Gasteiger partial charge in [0.1, 0.15) is 0 Å². The van der Waals surface area contributed by atoms with Gasteiger partial charge in [0.15, 0.2) is 0 Å². The van der Waals surface area contributed by atoms with Crippen molar-refractivity contribution in [1.29, 1.82) is 0 Å². The van der Waals surface area contributed by atoms with Crippen LogP contribution in [-0.2, 0) is 10.8 Å². The lowest BCUT2D eigenvalue weighted by molar-refractivity contribution is 0.528. The predicted octanol–water partition coefficient (Wildman–Crippen LogP) is 5.65. The minimum absolute atomic E-state index is 0.111. The Balaban J connectivity index is 2.66. The van der Waals surface area contributed by atoms with Crippen LogP contribution in [0.25, 0.3) is 11.3 Å². The molecule has 0 saturated heterocycles. The lowest BCUT2D eigenvalue weighted by atomic mass is 9.75. The molecular formula is C20H27N. The van der Waals surface area contributed by atoms with E-state index in [0.29, 0.717) is 0 Å². The van der Waals surface area contributed by atoms with E-state index in [0.717, 1.165) is 5.69 Å². The molecule has 0 atom stereocenters. The van der Waals surface area contributed by atoms with Crippen LogP contribution in [-0.4, -0.2) is 4.98 Å². The molecule has 0 aliphatic rings. The third-order valence-corrected chi connectivity index (χ3v) is 3.94. The van der Waals surface area contributed by atoms with Crippen LogP contribution in [0.5, 0.6) is 0 Å². The second kappa shape index (κ2) is 5.29. The molecule has 0 fully saturated rings. The summed E-state index contributed by atoms with van der Waals surface area (Å²) >= 11 is 0. The number of pyridine rings is 1. The molecule has 1 aromatic heterocycles. The van der Waals surface area contributed by atoms with Gasteiger partial charge in [-0.2, -0.15) is 0 Å². The zero-order valence-corrected chi connectivity index (χ0v) is 14.4. The van der Waals surface area contributed by atoms with Gasteiger partial charge in [0, 0.05) is 11.8 Å². The van der Waals surface area contributed by atoms with Crippen LogP contribution in [0.15, 0.2) is 36.5 Å². The smallest absolute Gasteiger partial charge is 0.0707 e. The van der Waals surface area contributed by atoms with Gasteiger partial charge >= 0.3 is 0 Å². The van der Waals surface area contributed by atoms with Crippen LogP contribution in [0.3, 0.4) is 0 Å². The summed E-state index contributed by atoms with van der Waals surface area (Å²) in [5, 5.41) is 0. The molecule has 0 radical (unpaired) electrons. The first-order chi connectivity index (χ1) is 9.60. The summed E-state index contributed by atoms with van der Waals surface area (Å²) in [5.41, 5.74) is 6.53. The average Bonchev–Trinajstić information content (AvgIpc) is 2.36. The summed E-state index contributed by atoms with van der Waals surface area (Å²) in [6.07, 6.45) is 2.07. The Morgan fingerprint density at radius 1 is 0.810 bits per heavy atom. The number of benzene rings is 1. The van der Waals surface area contributed by atoms with Crippen molar-refractivity contribution in [3.63, 3.8) is 0 Å². The van der Waals surface area contributed by atoms with Crippen molar-refractivity contribution in [1.82, 2.24) is 4.98 Å². The molecule has 2 aromatic rings. The van der Waals surface area contributed by atoms with Crippen LogP contribution in [0.4, 0.5) is 0 Å². The van der Waals surface area contributed by atoms with Crippen molar-refractivity contribution in [2.24, 2.45) is 0 Å². The first-order valence-electron chi connectivity index (χ1n) is 7.68. The third kappa shape index (κ3) is 3.34. The lowest BCUT2D eigenvalue weighted by Crippen LogP contribution is -2.22. The highest BCUT2D eigenvalue weighted by Crippen LogP contribution is 2.35. The normalized spacial score (nSPS) is 12.5. The minimum Gasteiger partial charge on any atom is -0.256 e. The van der Waals surface area contributed by atoms with Gasteiger partial charge in [-0.25, -0.2) is 0 Å². The van der Waals surface area contributed by atoms with Gasteiger partial charge in [0.2, 0.25) is 0 Å². The molecule has 21 heavy (non-hydrogen) atoms. The first-order valence-corrected chi connectivity index (χ1v) is 7.68. The Morgan fingerprint density at radius 3 is 1.90 bits per heavy atom. The SMILES string of the molecule is Cc1ccccc1-c1cc(C(C)(C)C)c(C(C)(C)C)cn1. The number of hydrogen-bond donors (Lipinski definition) is 0. The largest absolute Gasteiger partial charge is 0.256 e. The number of hydrogen-bond acceptors (Lipinski definition) is 1. The highest BCUT2D eigenvalue weighted by atomic mass is 14.7. The van der Waals surface area contributed by atoms with Crippen LogP contribution in [0.1, 0.15) is 58.2 Å². The summed E-state index contributed by atoms with van der Waals surface area (Å²) < 4.78 is 0. The topological polar surface area (TPSA) is 12.9 Å². The lowest BCUT2D eigenvalue weighted by Gasteiger charge is -2.30. The molecular weight excluding hydrogens is 254 g/mol. The Hall–Kier alpha value is -1.63. The van der Waals surface area contributed by atoms with Crippen molar-refractivity contribution in [3.05, 3.63) is 53.2 Å². The fraction of sp³-hybridized carbons (Fsp3) is 0.450. The highest BCUT2D eigenvalue weighted by molar-refractivity contribution is 5.65. The molecule has 0 spiro atoms. The summed E-state index contributed by atoms with van der Waals surface area (Å²) in [5.74, 6) is 0. The van der Waals surface area contributed by atoms with Gasteiger partial charge in [0.25, 0.3) is 0 Å². The zero-order chi connectivity index (χ0) is 15.8. The molecule has 0 saturated carbocycles. The zero-order valence-electron chi connectivity index (χ0n) is 14.4. The molecule has 0 amide bonds. The van der Waals surface area contributed by atoms with Crippen LogP contribution in [0.2, 0.25) is 0 Å². The van der Waals surface area contributed by atoms with Gasteiger partial charge in [0.05, 0.1) is 5.69 Å². The maximum Gasteiger partial charge on any atom is 0.0707 e. The minimum atomic E-state index is 0.111. The number of aryl methyl sites for hydroxylation is 1. The van der Waals surface area contributed by atoms with Gasteiger partial charge in [-0.3, -0.25) is 4.98 Å². The second-order valence-electron chi connectivity index (χ2n) is 7.93. The van der Waals surface area contributed by atoms with E-state index in [1.807, 2.05) is 0 Å². The van der Waals surface area contributed by atoms with E-state index in [4.69, 9.17) is 4.98 Å². The molecule has 1 heteroatoms. The molecule has 1 heterocycles. The molecule has 0 N–H and O–H groups in total. The van der Waals surface area contributed by atoms with E-state index < -0.39 is 0 Å². The standard InChI is InChI=1S/C20H27N/c1-14-10-8-9-11-15(14)18-12-16(19(2,3)4)17(13-21-18)20(5,6)7/h8-13H,1-7H3. The fourth-order valence-electron chi connectivity index (χ4n) is 2.68. The number of aromatic nitrogens is 1. The third-order valence-electron chi connectivity index (χ3n) is 3.94. The van der Waals surface area contributed by atoms with Crippen molar-refractivity contribution >= 4 is 0 Å². The van der Waals surface area contributed by atoms with Crippen LogP contribution < -0.4 is 0 Å². The van der Waals surface area contributed by atoms with E-state index in [1.54, 1.807) is 0 Å². The Labute approximate surface area is 129 Å². The van der Waals surface area contributed by atoms with Crippen molar-refractivity contribution < 1.29 is 0 Å². The van der Waals surface area contributed by atoms with E-state index in [-0.39, 0.29) is 10.8 Å². The summed E-state index contributed by atoms with van der Waals surface area (Å²) in [4.78, 5) is 4.75.